The first-order valence-electron chi connectivity index (χ1n) is 8.83. The Morgan fingerprint density at radius 1 is 1.03 bits per heavy atom. The number of benzene rings is 2. The van der Waals surface area contributed by atoms with Gasteiger partial charge in [0.1, 0.15) is 5.75 Å². The highest BCUT2D eigenvalue weighted by molar-refractivity contribution is 6.42. The minimum Gasteiger partial charge on any atom is -0.457 e. The fraction of sp³-hybridized carbons (Fsp3) is 0.0476. The number of esters is 1. The molecule has 0 saturated carbocycles. The average molecular weight is 460 g/mol. The lowest BCUT2D eigenvalue weighted by Crippen LogP contribution is -2.34. The molecule has 0 bridgehead atoms. The number of furan rings is 1. The van der Waals surface area contributed by atoms with Gasteiger partial charge in [-0.25, -0.2) is 10.2 Å². The molecule has 31 heavy (non-hydrogen) atoms. The summed E-state index contributed by atoms with van der Waals surface area (Å²) in [5, 5.41) is 6.83. The molecule has 0 atom stereocenters. The van der Waals surface area contributed by atoms with Gasteiger partial charge < -0.3 is 14.5 Å². The molecule has 158 valence electrons. The third-order valence-corrected chi connectivity index (χ3v) is 4.55. The Balaban J connectivity index is 1.44. The molecule has 0 unspecified atom stereocenters. The summed E-state index contributed by atoms with van der Waals surface area (Å²) in [7, 11) is 0. The Labute approximate surface area is 186 Å². The standard InChI is InChI=1S/C21H15Cl2N3O5/c22-16-8-5-14(10-17(16)23)20(28)24-12-19(27)26-25-11-13-3-6-15(7-4-13)31-21(29)18-2-1-9-30-18/h1-11H,12H2,(H,24,28)(H,26,27)/b25-11-. The zero-order chi connectivity index (χ0) is 22.2. The summed E-state index contributed by atoms with van der Waals surface area (Å²) >= 11 is 11.7. The van der Waals surface area contributed by atoms with E-state index in [1.165, 1.54) is 36.7 Å². The zero-order valence-corrected chi connectivity index (χ0v) is 17.3. The van der Waals surface area contributed by atoms with Crippen molar-refractivity contribution >= 4 is 47.2 Å². The lowest BCUT2D eigenvalue weighted by molar-refractivity contribution is -0.120. The molecule has 0 radical (unpaired) electrons. The average Bonchev–Trinajstić information content (AvgIpc) is 3.30. The maximum atomic E-state index is 12.0. The highest BCUT2D eigenvalue weighted by Crippen LogP contribution is 2.22. The van der Waals surface area contributed by atoms with Crippen LogP contribution in [0, 0.1) is 0 Å². The van der Waals surface area contributed by atoms with Crippen molar-refractivity contribution in [2.75, 3.05) is 6.54 Å². The van der Waals surface area contributed by atoms with Crippen LogP contribution in [0.5, 0.6) is 5.75 Å². The molecule has 0 aliphatic rings. The van der Waals surface area contributed by atoms with E-state index in [1.807, 2.05) is 0 Å². The molecule has 1 heterocycles. The molecule has 2 amide bonds. The van der Waals surface area contributed by atoms with Gasteiger partial charge in [0.05, 0.1) is 29.1 Å². The fourth-order valence-electron chi connectivity index (χ4n) is 2.29. The van der Waals surface area contributed by atoms with E-state index in [0.29, 0.717) is 16.3 Å². The Bertz CT molecular complexity index is 1110. The van der Waals surface area contributed by atoms with Gasteiger partial charge in [-0.1, -0.05) is 23.2 Å². The minimum atomic E-state index is -0.610. The number of hydrazone groups is 1. The van der Waals surface area contributed by atoms with E-state index < -0.39 is 17.8 Å². The molecule has 2 N–H and O–H groups in total. The Morgan fingerprint density at radius 3 is 2.48 bits per heavy atom. The number of carbonyl (C=O) groups excluding carboxylic acids is 3. The van der Waals surface area contributed by atoms with E-state index in [2.05, 4.69) is 15.8 Å². The van der Waals surface area contributed by atoms with Crippen LogP contribution in [0.3, 0.4) is 0 Å². The molecule has 10 heteroatoms. The van der Waals surface area contributed by atoms with Gasteiger partial charge >= 0.3 is 5.97 Å². The second-order valence-corrected chi connectivity index (χ2v) is 6.86. The van der Waals surface area contributed by atoms with Crippen LogP contribution < -0.4 is 15.5 Å². The number of ether oxygens (including phenoxy) is 1. The van der Waals surface area contributed by atoms with E-state index >= 15 is 0 Å². The number of carbonyl (C=O) groups is 3. The summed E-state index contributed by atoms with van der Waals surface area (Å²) in [6.07, 6.45) is 2.78. The second kappa shape index (κ2) is 10.4. The molecular weight excluding hydrogens is 445 g/mol. The summed E-state index contributed by atoms with van der Waals surface area (Å²) in [5.74, 6) is -1.18. The first-order chi connectivity index (χ1) is 14.9. The SMILES string of the molecule is O=C(CNC(=O)c1ccc(Cl)c(Cl)c1)N/N=C\c1ccc(OC(=O)c2ccco2)cc1. The van der Waals surface area contributed by atoms with Crippen LogP contribution in [0.4, 0.5) is 0 Å². The monoisotopic (exact) mass is 459 g/mol. The lowest BCUT2D eigenvalue weighted by Gasteiger charge is -2.05. The minimum absolute atomic E-state index is 0.0969. The summed E-state index contributed by atoms with van der Waals surface area (Å²) in [6, 6.07) is 13.9. The molecule has 0 aliphatic carbocycles. The third-order valence-electron chi connectivity index (χ3n) is 3.81. The fourth-order valence-corrected chi connectivity index (χ4v) is 2.59. The number of nitrogens with one attached hydrogen (secondary N) is 2. The molecule has 3 aromatic rings. The largest absolute Gasteiger partial charge is 0.457 e. The van der Waals surface area contributed by atoms with Gasteiger partial charge in [-0.3, -0.25) is 9.59 Å². The Morgan fingerprint density at radius 2 is 1.81 bits per heavy atom. The molecule has 0 aliphatic heterocycles. The topological polar surface area (TPSA) is 110 Å². The van der Waals surface area contributed by atoms with Crippen molar-refractivity contribution in [1.82, 2.24) is 10.7 Å². The van der Waals surface area contributed by atoms with Crippen molar-refractivity contribution in [3.63, 3.8) is 0 Å². The molecule has 2 aromatic carbocycles. The van der Waals surface area contributed by atoms with Gasteiger partial charge in [-0.15, -0.1) is 0 Å². The molecule has 3 rings (SSSR count). The normalized spacial score (nSPS) is 10.6. The third kappa shape index (κ3) is 6.43. The summed E-state index contributed by atoms with van der Waals surface area (Å²) < 4.78 is 10.1. The van der Waals surface area contributed by atoms with E-state index in [1.54, 1.807) is 30.3 Å². The van der Waals surface area contributed by atoms with Crippen LogP contribution in [-0.4, -0.2) is 30.5 Å². The van der Waals surface area contributed by atoms with Crippen molar-refractivity contribution in [2.45, 2.75) is 0 Å². The molecule has 0 spiro atoms. The number of hydrogen-bond acceptors (Lipinski definition) is 6. The number of halogens is 2. The van der Waals surface area contributed by atoms with Crippen LogP contribution in [0.15, 0.2) is 70.4 Å². The van der Waals surface area contributed by atoms with Crippen molar-refractivity contribution in [1.29, 1.82) is 0 Å². The van der Waals surface area contributed by atoms with Crippen LogP contribution in [0.25, 0.3) is 0 Å². The second-order valence-electron chi connectivity index (χ2n) is 6.04. The van der Waals surface area contributed by atoms with E-state index in [-0.39, 0.29) is 22.9 Å². The van der Waals surface area contributed by atoms with E-state index in [4.69, 9.17) is 32.4 Å². The van der Waals surface area contributed by atoms with Crippen LogP contribution in [0.1, 0.15) is 26.5 Å². The number of hydrogen-bond donors (Lipinski definition) is 2. The van der Waals surface area contributed by atoms with Crippen LogP contribution in [0.2, 0.25) is 10.0 Å². The van der Waals surface area contributed by atoms with Gasteiger partial charge in [-0.05, 0) is 60.2 Å². The van der Waals surface area contributed by atoms with Crippen LogP contribution in [-0.2, 0) is 4.79 Å². The van der Waals surface area contributed by atoms with Gasteiger partial charge in [-0.2, -0.15) is 5.10 Å². The maximum Gasteiger partial charge on any atom is 0.379 e. The van der Waals surface area contributed by atoms with Crippen LogP contribution >= 0.6 is 23.2 Å². The molecule has 1 aromatic heterocycles. The summed E-state index contributed by atoms with van der Waals surface area (Å²) in [4.78, 5) is 35.6. The van der Waals surface area contributed by atoms with Gasteiger partial charge in [0.15, 0.2) is 0 Å². The van der Waals surface area contributed by atoms with Gasteiger partial charge in [0, 0.05) is 5.56 Å². The number of rotatable bonds is 7. The zero-order valence-electron chi connectivity index (χ0n) is 15.8. The van der Waals surface area contributed by atoms with Crippen molar-refractivity contribution in [2.24, 2.45) is 5.10 Å². The number of amides is 2. The first-order valence-corrected chi connectivity index (χ1v) is 9.59. The predicted molar refractivity (Wildman–Crippen MR) is 115 cm³/mol. The highest BCUT2D eigenvalue weighted by atomic mass is 35.5. The van der Waals surface area contributed by atoms with E-state index in [0.717, 1.165) is 0 Å². The predicted octanol–water partition coefficient (Wildman–Crippen LogP) is 3.69. The van der Waals surface area contributed by atoms with Gasteiger partial charge in [0.25, 0.3) is 11.8 Å². The van der Waals surface area contributed by atoms with Gasteiger partial charge in [0.2, 0.25) is 5.76 Å². The molecule has 0 fully saturated rings. The Kier molecular flexibility index (Phi) is 7.42. The van der Waals surface area contributed by atoms with Crippen molar-refractivity contribution in [3.8, 4) is 5.75 Å². The van der Waals surface area contributed by atoms with Crippen molar-refractivity contribution in [3.05, 3.63) is 87.8 Å². The quantitative estimate of drug-likeness (QED) is 0.242. The number of nitrogens with zero attached hydrogens (tertiary/aromatic N) is 1. The first kappa shape index (κ1) is 22.1. The van der Waals surface area contributed by atoms with E-state index in [9.17, 15) is 14.4 Å². The molecular formula is C21H15Cl2N3O5. The molecule has 8 nitrogen and oxygen atoms in total. The molecule has 0 saturated heterocycles. The summed E-state index contributed by atoms with van der Waals surface area (Å²) in [6.45, 7) is -0.280. The van der Waals surface area contributed by atoms with Crippen molar-refractivity contribution < 1.29 is 23.5 Å². The lowest BCUT2D eigenvalue weighted by atomic mass is 10.2. The maximum absolute atomic E-state index is 12.0. The smallest absolute Gasteiger partial charge is 0.379 e. The summed E-state index contributed by atoms with van der Waals surface area (Å²) in [5.41, 5.74) is 3.22. The Hall–Kier alpha value is -3.62. The highest BCUT2D eigenvalue weighted by Gasteiger charge is 2.11.